The van der Waals surface area contributed by atoms with Gasteiger partial charge in [-0.1, -0.05) is 27.7 Å². The summed E-state index contributed by atoms with van der Waals surface area (Å²) in [6.45, 7) is 0. The highest BCUT2D eigenvalue weighted by Gasteiger charge is 1.99. The topological polar surface area (TPSA) is 23.1 Å². The first kappa shape index (κ1) is 8.56. The quantitative estimate of drug-likeness (QED) is 0.671. The van der Waals surface area contributed by atoms with Crippen molar-refractivity contribution >= 4 is 47.8 Å². The minimum absolute atomic E-state index is 0.0184. The number of rotatable bonds is 0. The first-order valence-corrected chi connectivity index (χ1v) is 4.81. The molecule has 0 aliphatic heterocycles. The fraction of sp³-hybridized carbons (Fsp3) is 0. The lowest BCUT2D eigenvalue weighted by Gasteiger charge is -2.09. The predicted molar refractivity (Wildman–Crippen MR) is 49.0 cm³/mol. The van der Waals surface area contributed by atoms with Gasteiger partial charge in [-0.2, -0.15) is 0 Å². The van der Waals surface area contributed by atoms with Crippen molar-refractivity contribution in [1.82, 2.24) is 0 Å². The summed E-state index contributed by atoms with van der Waals surface area (Å²) in [4.78, 5) is 0. The molecule has 0 aromatic heterocycles. The maximum atomic E-state index is 10.9. The molecule has 0 radical (unpaired) electrons. The zero-order valence-corrected chi connectivity index (χ0v) is 9.45. The summed E-state index contributed by atoms with van der Waals surface area (Å²) in [5, 5.41) is 10.9. The Kier molecular flexibility index (Phi) is 2.77. The molecule has 0 saturated carbocycles. The van der Waals surface area contributed by atoms with E-state index < -0.39 is 0 Å². The number of hydrogen-bond donors (Lipinski definition) is 0. The molecule has 10 heavy (non-hydrogen) atoms. The molecule has 0 heterocycles. The standard InChI is InChI=1S/C6H3Br3O/c7-3-1-2-4(10)6(9)5(3)8/h1-2,10H/p-1. The Morgan fingerprint density at radius 2 is 1.60 bits per heavy atom. The smallest absolute Gasteiger partial charge is 0.0453 e. The Balaban J connectivity index is 3.34. The Hall–Kier alpha value is 0.460. The van der Waals surface area contributed by atoms with Crippen LogP contribution in [-0.2, 0) is 0 Å². The molecule has 0 N–H and O–H groups in total. The summed E-state index contributed by atoms with van der Waals surface area (Å²) >= 11 is 9.64. The van der Waals surface area contributed by atoms with Crippen molar-refractivity contribution in [2.24, 2.45) is 0 Å². The van der Waals surface area contributed by atoms with Crippen molar-refractivity contribution in [3.8, 4) is 5.75 Å². The molecule has 0 saturated heterocycles. The van der Waals surface area contributed by atoms with Gasteiger partial charge in [0.15, 0.2) is 0 Å². The van der Waals surface area contributed by atoms with Gasteiger partial charge in [-0.3, -0.25) is 0 Å². The minimum Gasteiger partial charge on any atom is -0.872 e. The third kappa shape index (κ3) is 1.54. The molecule has 1 aromatic carbocycles. The van der Waals surface area contributed by atoms with Crippen LogP contribution < -0.4 is 5.11 Å². The molecular weight excluding hydrogens is 328 g/mol. The van der Waals surface area contributed by atoms with Crippen molar-refractivity contribution in [3.63, 3.8) is 0 Å². The summed E-state index contributed by atoms with van der Waals surface area (Å²) in [6, 6.07) is 3.20. The summed E-state index contributed by atoms with van der Waals surface area (Å²) in [6.07, 6.45) is 0. The fourth-order valence-electron chi connectivity index (χ4n) is 0.508. The molecule has 0 unspecified atom stereocenters. The van der Waals surface area contributed by atoms with Gasteiger partial charge < -0.3 is 5.11 Å². The lowest BCUT2D eigenvalue weighted by atomic mass is 10.3. The van der Waals surface area contributed by atoms with E-state index in [0.29, 0.717) is 4.47 Å². The largest absolute Gasteiger partial charge is 0.872 e. The highest BCUT2D eigenvalue weighted by Crippen LogP contribution is 2.35. The lowest BCUT2D eigenvalue weighted by Crippen LogP contribution is -1.90. The van der Waals surface area contributed by atoms with E-state index >= 15 is 0 Å². The monoisotopic (exact) mass is 327 g/mol. The van der Waals surface area contributed by atoms with Gasteiger partial charge >= 0.3 is 0 Å². The molecule has 0 fully saturated rings. The van der Waals surface area contributed by atoms with Gasteiger partial charge in [0.05, 0.1) is 0 Å². The van der Waals surface area contributed by atoms with Gasteiger partial charge in [0.25, 0.3) is 0 Å². The van der Waals surface area contributed by atoms with E-state index in [4.69, 9.17) is 0 Å². The summed E-state index contributed by atoms with van der Waals surface area (Å²) in [7, 11) is 0. The van der Waals surface area contributed by atoms with E-state index in [2.05, 4.69) is 47.8 Å². The van der Waals surface area contributed by atoms with Crippen molar-refractivity contribution in [2.75, 3.05) is 0 Å². The SMILES string of the molecule is [O-]c1ccc(Br)c(Br)c1Br. The highest BCUT2D eigenvalue weighted by molar-refractivity contribution is 9.14. The van der Waals surface area contributed by atoms with Gasteiger partial charge in [-0.05, 0) is 37.9 Å². The van der Waals surface area contributed by atoms with E-state index in [1.807, 2.05) is 0 Å². The van der Waals surface area contributed by atoms with Crippen molar-refractivity contribution < 1.29 is 5.11 Å². The molecule has 0 bridgehead atoms. The molecule has 0 atom stereocenters. The molecule has 1 rings (SSSR count). The average molecular weight is 330 g/mol. The Morgan fingerprint density at radius 3 is 2.10 bits per heavy atom. The number of halogens is 3. The predicted octanol–water partition coefficient (Wildman–Crippen LogP) is 3.05. The molecule has 1 nitrogen and oxygen atoms in total. The van der Waals surface area contributed by atoms with E-state index in [1.54, 1.807) is 6.07 Å². The third-order valence-corrected chi connectivity index (χ3v) is 4.34. The molecule has 1 aromatic rings. The third-order valence-electron chi connectivity index (χ3n) is 1.000. The van der Waals surface area contributed by atoms with Crippen LogP contribution in [-0.4, -0.2) is 0 Å². The molecule has 0 aliphatic carbocycles. The molecule has 0 amide bonds. The second-order valence-electron chi connectivity index (χ2n) is 1.67. The summed E-state index contributed by atoms with van der Waals surface area (Å²) < 4.78 is 2.20. The molecule has 0 aliphatic rings. The van der Waals surface area contributed by atoms with Crippen LogP contribution in [0.3, 0.4) is 0 Å². The average Bonchev–Trinajstić information content (AvgIpc) is 1.93. The molecular formula is C6H2Br3O-. The summed E-state index contributed by atoms with van der Waals surface area (Å²) in [5.41, 5.74) is 0. The van der Waals surface area contributed by atoms with Crippen LogP contribution in [0.2, 0.25) is 0 Å². The van der Waals surface area contributed by atoms with Crippen LogP contribution in [0.5, 0.6) is 5.75 Å². The van der Waals surface area contributed by atoms with E-state index in [1.165, 1.54) is 6.07 Å². The highest BCUT2D eigenvalue weighted by atomic mass is 79.9. The van der Waals surface area contributed by atoms with Crippen LogP contribution >= 0.6 is 47.8 Å². The van der Waals surface area contributed by atoms with Gasteiger partial charge in [-0.15, -0.1) is 0 Å². The number of hydrogen-bond acceptors (Lipinski definition) is 1. The second kappa shape index (κ2) is 3.24. The van der Waals surface area contributed by atoms with Gasteiger partial charge in [0.2, 0.25) is 0 Å². The van der Waals surface area contributed by atoms with Crippen molar-refractivity contribution in [1.29, 1.82) is 0 Å². The van der Waals surface area contributed by atoms with Crippen LogP contribution in [0.1, 0.15) is 0 Å². The Morgan fingerprint density at radius 1 is 1.00 bits per heavy atom. The Labute approximate surface area is 83.8 Å². The van der Waals surface area contributed by atoms with Crippen LogP contribution in [0, 0.1) is 0 Å². The zero-order chi connectivity index (χ0) is 7.72. The van der Waals surface area contributed by atoms with Crippen molar-refractivity contribution in [2.45, 2.75) is 0 Å². The normalized spacial score (nSPS) is 9.90. The van der Waals surface area contributed by atoms with E-state index in [0.717, 1.165) is 8.95 Å². The summed E-state index contributed by atoms with van der Waals surface area (Å²) in [5.74, 6) is -0.0184. The molecule has 0 spiro atoms. The van der Waals surface area contributed by atoms with Gasteiger partial charge in [0.1, 0.15) is 0 Å². The lowest BCUT2D eigenvalue weighted by molar-refractivity contribution is -0.269. The zero-order valence-electron chi connectivity index (χ0n) is 4.70. The first-order valence-electron chi connectivity index (χ1n) is 2.43. The number of benzene rings is 1. The van der Waals surface area contributed by atoms with Crippen LogP contribution in [0.25, 0.3) is 0 Å². The van der Waals surface area contributed by atoms with Gasteiger partial charge in [0, 0.05) is 13.4 Å². The fourth-order valence-corrected chi connectivity index (χ4v) is 1.78. The van der Waals surface area contributed by atoms with Crippen LogP contribution in [0.4, 0.5) is 0 Å². The maximum absolute atomic E-state index is 10.9. The van der Waals surface area contributed by atoms with Crippen molar-refractivity contribution in [3.05, 3.63) is 25.6 Å². The van der Waals surface area contributed by atoms with E-state index in [-0.39, 0.29) is 5.75 Å². The van der Waals surface area contributed by atoms with Crippen LogP contribution in [0.15, 0.2) is 25.6 Å². The molecule has 4 heteroatoms. The van der Waals surface area contributed by atoms with E-state index in [9.17, 15) is 5.11 Å². The first-order chi connectivity index (χ1) is 4.63. The maximum Gasteiger partial charge on any atom is 0.0453 e. The minimum atomic E-state index is -0.0184. The van der Waals surface area contributed by atoms with Gasteiger partial charge in [-0.25, -0.2) is 0 Å². The Bertz CT molecular complexity index is 232. The molecule has 54 valence electrons. The second-order valence-corrected chi connectivity index (χ2v) is 4.11.